The topological polar surface area (TPSA) is 33.1 Å². The Morgan fingerprint density at radius 3 is 2.52 bits per heavy atom. The lowest BCUT2D eigenvalue weighted by Crippen LogP contribution is -2.02. The number of pyridine rings is 1. The standard InChI is InChI=1S/C19H19NO/c1-13-8-14(2)10-15(9-13)11-19(21)17-5-6-18-16(12-17)4-3-7-20-18/h3-10,12,19,21H,11H2,1-2H3. The molecule has 0 aliphatic carbocycles. The summed E-state index contributed by atoms with van der Waals surface area (Å²) in [6, 6.07) is 16.3. The number of nitrogens with zero attached hydrogens (tertiary/aromatic N) is 1. The largest absolute Gasteiger partial charge is 0.388 e. The maximum atomic E-state index is 10.5. The molecule has 21 heavy (non-hydrogen) atoms. The number of hydrogen-bond acceptors (Lipinski definition) is 2. The highest BCUT2D eigenvalue weighted by Crippen LogP contribution is 2.23. The fraction of sp³-hybridized carbons (Fsp3) is 0.211. The quantitative estimate of drug-likeness (QED) is 0.781. The predicted octanol–water partition coefficient (Wildman–Crippen LogP) is 4.13. The van der Waals surface area contributed by atoms with Crippen LogP contribution in [0.2, 0.25) is 0 Å². The second-order valence-corrected chi connectivity index (χ2v) is 5.67. The van der Waals surface area contributed by atoms with E-state index in [9.17, 15) is 5.11 Å². The number of benzene rings is 2. The van der Waals surface area contributed by atoms with E-state index in [1.54, 1.807) is 6.20 Å². The van der Waals surface area contributed by atoms with Gasteiger partial charge in [0.2, 0.25) is 0 Å². The lowest BCUT2D eigenvalue weighted by molar-refractivity contribution is 0.178. The van der Waals surface area contributed by atoms with Crippen LogP contribution in [0.25, 0.3) is 10.9 Å². The predicted molar refractivity (Wildman–Crippen MR) is 86.3 cm³/mol. The van der Waals surface area contributed by atoms with Gasteiger partial charge in [0.25, 0.3) is 0 Å². The summed E-state index contributed by atoms with van der Waals surface area (Å²) in [6.07, 6.45) is 1.93. The van der Waals surface area contributed by atoms with Crippen molar-refractivity contribution in [2.45, 2.75) is 26.4 Å². The van der Waals surface area contributed by atoms with Gasteiger partial charge in [0.15, 0.2) is 0 Å². The SMILES string of the molecule is Cc1cc(C)cc(CC(O)c2ccc3ncccc3c2)c1. The summed E-state index contributed by atoms with van der Waals surface area (Å²) in [6.45, 7) is 4.18. The van der Waals surface area contributed by atoms with Crippen LogP contribution in [0.1, 0.15) is 28.4 Å². The molecular formula is C19H19NO. The van der Waals surface area contributed by atoms with Crippen molar-refractivity contribution in [1.82, 2.24) is 4.98 Å². The molecule has 1 unspecified atom stereocenters. The van der Waals surface area contributed by atoms with Gasteiger partial charge in [-0.1, -0.05) is 41.5 Å². The van der Waals surface area contributed by atoms with E-state index in [1.165, 1.54) is 16.7 Å². The Labute approximate surface area is 125 Å². The van der Waals surface area contributed by atoms with E-state index in [1.807, 2.05) is 30.3 Å². The summed E-state index contributed by atoms with van der Waals surface area (Å²) in [5.41, 5.74) is 5.54. The van der Waals surface area contributed by atoms with E-state index < -0.39 is 6.10 Å². The van der Waals surface area contributed by atoms with E-state index in [4.69, 9.17) is 0 Å². The van der Waals surface area contributed by atoms with Crippen LogP contribution >= 0.6 is 0 Å². The molecule has 1 aromatic heterocycles. The Hall–Kier alpha value is -2.19. The van der Waals surface area contributed by atoms with Gasteiger partial charge in [0, 0.05) is 18.0 Å². The summed E-state index contributed by atoms with van der Waals surface area (Å²) in [5.74, 6) is 0. The Morgan fingerprint density at radius 1 is 1.00 bits per heavy atom. The second kappa shape index (κ2) is 5.66. The molecule has 3 rings (SSSR count). The highest BCUT2D eigenvalue weighted by Gasteiger charge is 2.10. The average Bonchev–Trinajstić information content (AvgIpc) is 2.45. The zero-order valence-corrected chi connectivity index (χ0v) is 12.4. The van der Waals surface area contributed by atoms with Gasteiger partial charge in [-0.2, -0.15) is 0 Å². The van der Waals surface area contributed by atoms with Crippen molar-refractivity contribution in [3.05, 3.63) is 77.0 Å². The van der Waals surface area contributed by atoms with Crippen LogP contribution in [0, 0.1) is 13.8 Å². The normalized spacial score (nSPS) is 12.5. The molecule has 0 saturated heterocycles. The molecule has 0 radical (unpaired) electrons. The second-order valence-electron chi connectivity index (χ2n) is 5.67. The molecule has 1 N–H and O–H groups in total. The average molecular weight is 277 g/mol. The minimum absolute atomic E-state index is 0.490. The molecule has 3 aromatic rings. The minimum atomic E-state index is -0.490. The zero-order chi connectivity index (χ0) is 14.8. The summed E-state index contributed by atoms with van der Waals surface area (Å²) in [4.78, 5) is 4.31. The van der Waals surface area contributed by atoms with Crippen LogP contribution in [0.15, 0.2) is 54.7 Å². The van der Waals surface area contributed by atoms with E-state index in [0.717, 1.165) is 16.5 Å². The lowest BCUT2D eigenvalue weighted by atomic mass is 9.97. The molecule has 0 aliphatic heterocycles. The van der Waals surface area contributed by atoms with E-state index in [-0.39, 0.29) is 0 Å². The number of fused-ring (bicyclic) bond motifs is 1. The molecular weight excluding hydrogens is 258 g/mol. The monoisotopic (exact) mass is 277 g/mol. The van der Waals surface area contributed by atoms with Crippen molar-refractivity contribution in [3.8, 4) is 0 Å². The highest BCUT2D eigenvalue weighted by atomic mass is 16.3. The third-order valence-corrected chi connectivity index (χ3v) is 3.72. The number of aliphatic hydroxyl groups excluding tert-OH is 1. The first-order valence-electron chi connectivity index (χ1n) is 7.22. The number of aliphatic hydroxyl groups is 1. The van der Waals surface area contributed by atoms with Gasteiger partial charge < -0.3 is 5.11 Å². The molecule has 0 aliphatic rings. The molecule has 1 atom stereocenters. The van der Waals surface area contributed by atoms with Crippen molar-refractivity contribution >= 4 is 10.9 Å². The van der Waals surface area contributed by atoms with Crippen LogP contribution in [0.3, 0.4) is 0 Å². The molecule has 2 aromatic carbocycles. The first kappa shape index (κ1) is 13.8. The van der Waals surface area contributed by atoms with Gasteiger partial charge in [0.1, 0.15) is 0 Å². The smallest absolute Gasteiger partial charge is 0.0830 e. The fourth-order valence-electron chi connectivity index (χ4n) is 2.83. The Balaban J connectivity index is 1.87. The van der Waals surface area contributed by atoms with Crippen LogP contribution in [0.5, 0.6) is 0 Å². The molecule has 106 valence electrons. The molecule has 1 heterocycles. The molecule has 2 heteroatoms. The van der Waals surface area contributed by atoms with Crippen molar-refractivity contribution in [2.24, 2.45) is 0 Å². The number of aromatic nitrogens is 1. The Bertz CT molecular complexity index is 759. The van der Waals surface area contributed by atoms with Crippen LogP contribution in [-0.4, -0.2) is 10.1 Å². The van der Waals surface area contributed by atoms with E-state index in [0.29, 0.717) is 6.42 Å². The van der Waals surface area contributed by atoms with Gasteiger partial charge in [-0.25, -0.2) is 0 Å². The van der Waals surface area contributed by atoms with Crippen LogP contribution in [-0.2, 0) is 6.42 Å². The van der Waals surface area contributed by atoms with Gasteiger partial charge in [-0.15, -0.1) is 0 Å². The molecule has 0 fully saturated rings. The van der Waals surface area contributed by atoms with Gasteiger partial charge in [-0.3, -0.25) is 4.98 Å². The van der Waals surface area contributed by atoms with Crippen molar-refractivity contribution < 1.29 is 5.11 Å². The van der Waals surface area contributed by atoms with Crippen molar-refractivity contribution in [2.75, 3.05) is 0 Å². The molecule has 2 nitrogen and oxygen atoms in total. The van der Waals surface area contributed by atoms with Crippen molar-refractivity contribution in [1.29, 1.82) is 0 Å². The highest BCUT2D eigenvalue weighted by molar-refractivity contribution is 5.79. The molecule has 0 saturated carbocycles. The van der Waals surface area contributed by atoms with Gasteiger partial charge >= 0.3 is 0 Å². The van der Waals surface area contributed by atoms with Gasteiger partial charge in [-0.05, 0) is 43.2 Å². The summed E-state index contributed by atoms with van der Waals surface area (Å²) >= 11 is 0. The fourth-order valence-corrected chi connectivity index (χ4v) is 2.83. The van der Waals surface area contributed by atoms with E-state index in [2.05, 4.69) is 37.0 Å². The van der Waals surface area contributed by atoms with E-state index >= 15 is 0 Å². The summed E-state index contributed by atoms with van der Waals surface area (Å²) < 4.78 is 0. The lowest BCUT2D eigenvalue weighted by Gasteiger charge is -2.13. The third kappa shape index (κ3) is 3.11. The molecule has 0 spiro atoms. The minimum Gasteiger partial charge on any atom is -0.388 e. The number of hydrogen-bond donors (Lipinski definition) is 1. The van der Waals surface area contributed by atoms with Crippen LogP contribution < -0.4 is 0 Å². The first-order chi connectivity index (χ1) is 10.1. The third-order valence-electron chi connectivity index (χ3n) is 3.72. The summed E-state index contributed by atoms with van der Waals surface area (Å²) in [5, 5.41) is 11.6. The molecule has 0 amide bonds. The number of aryl methyl sites for hydroxylation is 2. The summed E-state index contributed by atoms with van der Waals surface area (Å²) in [7, 11) is 0. The Kier molecular flexibility index (Phi) is 3.72. The maximum absolute atomic E-state index is 10.5. The van der Waals surface area contributed by atoms with Crippen molar-refractivity contribution in [3.63, 3.8) is 0 Å². The van der Waals surface area contributed by atoms with Gasteiger partial charge in [0.05, 0.1) is 11.6 Å². The molecule has 0 bridgehead atoms. The maximum Gasteiger partial charge on any atom is 0.0830 e. The number of rotatable bonds is 3. The first-order valence-corrected chi connectivity index (χ1v) is 7.22. The Morgan fingerprint density at radius 2 is 1.76 bits per heavy atom. The van der Waals surface area contributed by atoms with Crippen LogP contribution in [0.4, 0.5) is 0 Å². The zero-order valence-electron chi connectivity index (χ0n) is 12.4.